The predicted molar refractivity (Wildman–Crippen MR) is 101 cm³/mol. The van der Waals surface area contributed by atoms with Gasteiger partial charge in [-0.1, -0.05) is 17.7 Å². The molecule has 2 N–H and O–H groups in total. The summed E-state index contributed by atoms with van der Waals surface area (Å²) in [6.07, 6.45) is 0.0703. The third-order valence-corrected chi connectivity index (χ3v) is 5.26. The number of hydrogen-bond acceptors (Lipinski definition) is 4. The zero-order chi connectivity index (χ0) is 18.7. The van der Waals surface area contributed by atoms with Gasteiger partial charge in [0.2, 0.25) is 5.91 Å². The summed E-state index contributed by atoms with van der Waals surface area (Å²) in [5.41, 5.74) is 2.28. The van der Waals surface area contributed by atoms with Crippen molar-refractivity contribution in [3.8, 4) is 0 Å². The molecule has 0 aliphatic carbocycles. The van der Waals surface area contributed by atoms with Gasteiger partial charge in [0.05, 0.1) is 0 Å². The molecule has 2 heterocycles. The Balaban J connectivity index is 1.67. The minimum Gasteiger partial charge on any atom is -0.465 e. The monoisotopic (exact) mass is 380 g/mol. The quantitative estimate of drug-likeness (QED) is 0.833. The van der Waals surface area contributed by atoms with Crippen molar-refractivity contribution in [1.29, 1.82) is 0 Å². The van der Waals surface area contributed by atoms with Crippen molar-refractivity contribution in [2.75, 3.05) is 44.2 Å². The van der Waals surface area contributed by atoms with Crippen LogP contribution in [0.5, 0.6) is 0 Å². The summed E-state index contributed by atoms with van der Waals surface area (Å²) in [7, 11) is 0. The first-order valence-electron chi connectivity index (χ1n) is 8.93. The lowest BCUT2D eigenvalue weighted by molar-refractivity contribution is -0.119. The van der Waals surface area contributed by atoms with Crippen LogP contribution < -0.4 is 10.2 Å². The van der Waals surface area contributed by atoms with Crippen LogP contribution in [-0.4, -0.2) is 72.2 Å². The Hall–Kier alpha value is -1.99. The second-order valence-corrected chi connectivity index (χ2v) is 7.39. The Morgan fingerprint density at radius 2 is 1.96 bits per heavy atom. The molecule has 142 valence electrons. The van der Waals surface area contributed by atoms with Crippen molar-refractivity contribution < 1.29 is 14.7 Å². The first kappa shape index (κ1) is 18.8. The molecule has 26 heavy (non-hydrogen) atoms. The van der Waals surface area contributed by atoms with Crippen molar-refractivity contribution in [3.63, 3.8) is 0 Å². The lowest BCUT2D eigenvalue weighted by atomic mass is 10.1. The molecule has 2 fully saturated rings. The number of hydrogen-bond donors (Lipinski definition) is 2. The van der Waals surface area contributed by atoms with E-state index in [1.165, 1.54) is 10.5 Å². The number of piperazine rings is 1. The Bertz CT molecular complexity index is 676. The van der Waals surface area contributed by atoms with E-state index in [-0.39, 0.29) is 11.9 Å². The van der Waals surface area contributed by atoms with Gasteiger partial charge in [0.25, 0.3) is 0 Å². The lowest BCUT2D eigenvalue weighted by Gasteiger charge is -2.34. The normalized spacial score (nSPS) is 21.1. The number of nitrogens with zero attached hydrogens (tertiary/aromatic N) is 3. The van der Waals surface area contributed by atoms with Gasteiger partial charge in [0.1, 0.15) is 0 Å². The molecular formula is C18H25ClN4O3. The Labute approximate surface area is 158 Å². The summed E-state index contributed by atoms with van der Waals surface area (Å²) in [4.78, 5) is 28.3. The maximum Gasteiger partial charge on any atom is 0.407 e. The summed E-state index contributed by atoms with van der Waals surface area (Å²) in [6, 6.07) is 6.10. The van der Waals surface area contributed by atoms with Crippen LogP contribution in [0, 0.1) is 0 Å². The molecule has 0 radical (unpaired) electrons. The van der Waals surface area contributed by atoms with Gasteiger partial charge in [-0.2, -0.15) is 0 Å². The number of carboxylic acid groups (broad SMARTS) is 1. The topological polar surface area (TPSA) is 76.1 Å². The Kier molecular flexibility index (Phi) is 5.88. The first-order chi connectivity index (χ1) is 12.4. The highest BCUT2D eigenvalue weighted by atomic mass is 35.5. The molecule has 0 saturated carbocycles. The number of halogens is 1. The van der Waals surface area contributed by atoms with Crippen LogP contribution in [-0.2, 0) is 11.3 Å². The van der Waals surface area contributed by atoms with Crippen LogP contribution >= 0.6 is 11.6 Å². The predicted octanol–water partition coefficient (Wildman–Crippen LogP) is 1.85. The van der Waals surface area contributed by atoms with Crippen molar-refractivity contribution >= 4 is 29.3 Å². The van der Waals surface area contributed by atoms with Gasteiger partial charge in [-0.15, -0.1) is 0 Å². The van der Waals surface area contributed by atoms with Gasteiger partial charge in [0.15, 0.2) is 0 Å². The van der Waals surface area contributed by atoms with Crippen molar-refractivity contribution in [3.05, 3.63) is 28.8 Å². The SMILES string of the molecule is CC(=O)NC1CCN(c2cc(Cl)ccc2CN2CCN(C(=O)O)CC2)C1. The highest BCUT2D eigenvalue weighted by Gasteiger charge is 2.26. The third kappa shape index (κ3) is 4.59. The second-order valence-electron chi connectivity index (χ2n) is 6.95. The summed E-state index contributed by atoms with van der Waals surface area (Å²) in [5, 5.41) is 12.8. The standard InChI is InChI=1S/C18H25ClN4O3/c1-13(24)20-16-4-5-23(12-16)17-10-15(19)3-2-14(17)11-21-6-8-22(9-7-21)18(25)26/h2-3,10,16H,4-9,11-12H2,1H3,(H,20,24)(H,25,26). The van der Waals surface area contributed by atoms with Gasteiger partial charge in [-0.3, -0.25) is 9.69 Å². The maximum atomic E-state index is 11.3. The molecule has 2 saturated heterocycles. The smallest absolute Gasteiger partial charge is 0.407 e. The van der Waals surface area contributed by atoms with Gasteiger partial charge in [-0.05, 0) is 24.1 Å². The number of amides is 2. The van der Waals surface area contributed by atoms with Gasteiger partial charge in [0, 0.05) is 69.5 Å². The van der Waals surface area contributed by atoms with Crippen molar-refractivity contribution in [2.24, 2.45) is 0 Å². The molecule has 2 aliphatic rings. The van der Waals surface area contributed by atoms with E-state index in [0.717, 1.165) is 44.8 Å². The van der Waals surface area contributed by atoms with E-state index in [9.17, 15) is 9.59 Å². The fraction of sp³-hybridized carbons (Fsp3) is 0.556. The fourth-order valence-corrected chi connectivity index (χ4v) is 3.85. The van der Waals surface area contributed by atoms with Crippen molar-refractivity contribution in [2.45, 2.75) is 25.9 Å². The van der Waals surface area contributed by atoms with E-state index in [1.54, 1.807) is 6.92 Å². The van der Waals surface area contributed by atoms with Gasteiger partial charge < -0.3 is 20.2 Å². The average Bonchev–Trinajstić information content (AvgIpc) is 3.04. The fourth-order valence-electron chi connectivity index (χ4n) is 3.69. The van der Waals surface area contributed by atoms with Crippen LogP contribution in [0.2, 0.25) is 5.02 Å². The molecular weight excluding hydrogens is 356 g/mol. The minimum absolute atomic E-state index is 0.000492. The second kappa shape index (κ2) is 8.14. The van der Waals surface area contributed by atoms with E-state index in [1.807, 2.05) is 18.2 Å². The largest absolute Gasteiger partial charge is 0.465 e. The Morgan fingerprint density at radius 3 is 2.62 bits per heavy atom. The number of rotatable bonds is 4. The van der Waals surface area contributed by atoms with Crippen LogP contribution in [0.25, 0.3) is 0 Å². The maximum absolute atomic E-state index is 11.3. The summed E-state index contributed by atoms with van der Waals surface area (Å²) in [6.45, 7) is 6.49. The van der Waals surface area contributed by atoms with E-state index in [0.29, 0.717) is 18.1 Å². The van der Waals surface area contributed by atoms with Gasteiger partial charge >= 0.3 is 6.09 Å². The first-order valence-corrected chi connectivity index (χ1v) is 9.31. The number of nitrogens with one attached hydrogen (secondary N) is 1. The summed E-state index contributed by atoms with van der Waals surface area (Å²) >= 11 is 6.23. The Morgan fingerprint density at radius 1 is 1.23 bits per heavy atom. The number of benzene rings is 1. The molecule has 1 atom stereocenters. The minimum atomic E-state index is -0.849. The molecule has 7 nitrogen and oxygen atoms in total. The summed E-state index contributed by atoms with van der Waals surface area (Å²) < 4.78 is 0. The molecule has 0 aromatic heterocycles. The van der Waals surface area contributed by atoms with Crippen molar-refractivity contribution in [1.82, 2.24) is 15.1 Å². The van der Waals surface area contributed by atoms with E-state index < -0.39 is 6.09 Å². The zero-order valence-electron chi connectivity index (χ0n) is 14.9. The van der Waals surface area contributed by atoms with Crippen LogP contribution in [0.1, 0.15) is 18.9 Å². The highest BCUT2D eigenvalue weighted by molar-refractivity contribution is 6.30. The van der Waals surface area contributed by atoms with Crippen LogP contribution in [0.15, 0.2) is 18.2 Å². The molecule has 0 bridgehead atoms. The zero-order valence-corrected chi connectivity index (χ0v) is 15.7. The average molecular weight is 381 g/mol. The molecule has 1 aromatic rings. The molecule has 2 amide bonds. The number of carbonyl (C=O) groups excluding carboxylic acids is 1. The van der Waals surface area contributed by atoms with Gasteiger partial charge in [-0.25, -0.2) is 4.79 Å². The third-order valence-electron chi connectivity index (χ3n) is 5.02. The molecule has 0 spiro atoms. The number of carbonyl (C=O) groups is 2. The molecule has 8 heteroatoms. The van der Waals surface area contributed by atoms with E-state index in [2.05, 4.69) is 15.1 Å². The van der Waals surface area contributed by atoms with E-state index in [4.69, 9.17) is 16.7 Å². The molecule has 1 aromatic carbocycles. The molecule has 1 unspecified atom stereocenters. The lowest BCUT2D eigenvalue weighted by Crippen LogP contribution is -2.47. The highest BCUT2D eigenvalue weighted by Crippen LogP contribution is 2.29. The van der Waals surface area contributed by atoms with Crippen LogP contribution in [0.4, 0.5) is 10.5 Å². The van der Waals surface area contributed by atoms with E-state index >= 15 is 0 Å². The summed E-state index contributed by atoms with van der Waals surface area (Å²) in [5.74, 6) is -0.000492. The molecule has 3 rings (SSSR count). The van der Waals surface area contributed by atoms with Crippen LogP contribution in [0.3, 0.4) is 0 Å². The molecule has 2 aliphatic heterocycles. The number of anilines is 1.